The van der Waals surface area contributed by atoms with Crippen LogP contribution >= 0.6 is 0 Å². The Morgan fingerprint density at radius 3 is 1.36 bits per heavy atom. The van der Waals surface area contributed by atoms with Gasteiger partial charge in [0.2, 0.25) is 0 Å². The molecule has 0 radical (unpaired) electrons. The number of amides is 2. The molecule has 0 saturated heterocycles. The zero-order valence-corrected chi connectivity index (χ0v) is 25.8. The summed E-state index contributed by atoms with van der Waals surface area (Å²) < 4.78 is 31.5. The lowest BCUT2D eigenvalue weighted by Crippen LogP contribution is -2.30. The lowest BCUT2D eigenvalue weighted by Gasteiger charge is -2.23. The minimum atomic E-state index is -0.560. The molecule has 44 heavy (non-hydrogen) atoms. The van der Waals surface area contributed by atoms with Crippen LogP contribution in [-0.2, 0) is 38.0 Å². The topological polar surface area (TPSA) is 130 Å². The van der Waals surface area contributed by atoms with Crippen molar-refractivity contribution < 1.29 is 47.6 Å². The fourth-order valence-corrected chi connectivity index (χ4v) is 3.86. The SMILES string of the molecule is CC=CC(=O)OCCCOCCOC(=O)N(C)c1ccc(N(C)C(=O)OCCOCCCOC(=O)C=CC)c2ccccc12. The summed E-state index contributed by atoms with van der Waals surface area (Å²) in [6.07, 6.45) is 5.85. The van der Waals surface area contributed by atoms with Gasteiger partial charge in [-0.2, -0.15) is 0 Å². The summed E-state index contributed by atoms with van der Waals surface area (Å²) >= 11 is 0. The third-order valence-corrected chi connectivity index (χ3v) is 6.02. The standard InChI is InChI=1S/C32H42N2O10/c1-5-11-29(35)41-19-9-17-39-21-23-43-31(37)33(3)27-15-16-28(26-14-8-7-13-25(26)27)34(4)32(38)44-24-22-40-18-10-20-42-30(36)12-6-2/h5-8,11-16H,9-10,17-24H2,1-4H3. The van der Waals surface area contributed by atoms with Gasteiger partial charge in [0.1, 0.15) is 13.2 Å². The third kappa shape index (κ3) is 12.4. The van der Waals surface area contributed by atoms with Gasteiger partial charge in [0.15, 0.2) is 0 Å². The van der Waals surface area contributed by atoms with Crippen molar-refractivity contribution in [2.75, 3.05) is 76.8 Å². The zero-order chi connectivity index (χ0) is 32.2. The first-order chi connectivity index (χ1) is 21.3. The smallest absolute Gasteiger partial charge is 0.414 e. The normalized spacial score (nSPS) is 11.1. The molecule has 240 valence electrons. The van der Waals surface area contributed by atoms with Gasteiger partial charge in [-0.25, -0.2) is 19.2 Å². The fraction of sp³-hybridized carbons (Fsp3) is 0.438. The Bertz CT molecular complexity index is 1180. The van der Waals surface area contributed by atoms with Crippen molar-refractivity contribution in [3.05, 3.63) is 60.7 Å². The van der Waals surface area contributed by atoms with E-state index >= 15 is 0 Å². The van der Waals surface area contributed by atoms with E-state index in [0.717, 1.165) is 10.8 Å². The summed E-state index contributed by atoms with van der Waals surface area (Å²) in [5.41, 5.74) is 1.20. The molecule has 0 spiro atoms. The summed E-state index contributed by atoms with van der Waals surface area (Å²) in [5.74, 6) is -0.791. The van der Waals surface area contributed by atoms with Gasteiger partial charge in [-0.15, -0.1) is 0 Å². The van der Waals surface area contributed by atoms with Crippen molar-refractivity contribution in [2.45, 2.75) is 26.7 Å². The summed E-state index contributed by atoms with van der Waals surface area (Å²) in [6.45, 7) is 5.20. The van der Waals surface area contributed by atoms with Gasteiger partial charge in [0.25, 0.3) is 0 Å². The summed E-state index contributed by atoms with van der Waals surface area (Å²) in [4.78, 5) is 50.8. The average molecular weight is 615 g/mol. The van der Waals surface area contributed by atoms with Crippen LogP contribution in [0.1, 0.15) is 26.7 Å². The Labute approximate surface area is 258 Å². The van der Waals surface area contributed by atoms with Crippen molar-refractivity contribution in [3.8, 4) is 0 Å². The van der Waals surface area contributed by atoms with Crippen LogP contribution in [-0.4, -0.2) is 91.1 Å². The molecule has 0 N–H and O–H groups in total. The van der Waals surface area contributed by atoms with Crippen molar-refractivity contribution in [2.24, 2.45) is 0 Å². The second-order valence-corrected chi connectivity index (χ2v) is 9.26. The largest absolute Gasteiger partial charge is 0.462 e. The molecule has 0 atom stereocenters. The lowest BCUT2D eigenvalue weighted by atomic mass is 10.1. The van der Waals surface area contributed by atoms with Gasteiger partial charge < -0.3 is 28.4 Å². The highest BCUT2D eigenvalue weighted by atomic mass is 16.6. The Balaban J connectivity index is 1.81. The first kappa shape index (κ1) is 35.8. The number of hydrogen-bond donors (Lipinski definition) is 0. The van der Waals surface area contributed by atoms with E-state index < -0.39 is 24.1 Å². The molecule has 0 unspecified atom stereocenters. The number of benzene rings is 2. The van der Waals surface area contributed by atoms with E-state index in [0.29, 0.717) is 37.4 Å². The van der Waals surface area contributed by atoms with Gasteiger partial charge in [0, 0.05) is 63.1 Å². The molecule has 0 aliphatic heterocycles. The van der Waals surface area contributed by atoms with E-state index in [1.807, 2.05) is 24.3 Å². The van der Waals surface area contributed by atoms with E-state index in [2.05, 4.69) is 0 Å². The number of hydrogen-bond acceptors (Lipinski definition) is 10. The van der Waals surface area contributed by atoms with Crippen molar-refractivity contribution in [3.63, 3.8) is 0 Å². The Hall–Kier alpha value is -4.42. The second kappa shape index (κ2) is 20.5. The van der Waals surface area contributed by atoms with Crippen LogP contribution in [0.15, 0.2) is 60.7 Å². The van der Waals surface area contributed by atoms with Crippen LogP contribution in [0, 0.1) is 0 Å². The van der Waals surface area contributed by atoms with E-state index in [4.69, 9.17) is 28.4 Å². The molecule has 0 saturated carbocycles. The predicted octanol–water partition coefficient (Wildman–Crippen LogP) is 5.04. The molecule has 0 fully saturated rings. The second-order valence-electron chi connectivity index (χ2n) is 9.26. The molecule has 12 heteroatoms. The number of carbonyl (C=O) groups is 4. The lowest BCUT2D eigenvalue weighted by molar-refractivity contribution is -0.139. The van der Waals surface area contributed by atoms with Gasteiger partial charge in [0.05, 0.1) is 37.8 Å². The summed E-state index contributed by atoms with van der Waals surface area (Å²) in [6, 6.07) is 10.9. The maximum atomic E-state index is 12.7. The van der Waals surface area contributed by atoms with Gasteiger partial charge >= 0.3 is 24.1 Å². The third-order valence-electron chi connectivity index (χ3n) is 6.02. The van der Waals surface area contributed by atoms with Crippen LogP contribution < -0.4 is 9.80 Å². The molecule has 0 aliphatic rings. The Morgan fingerprint density at radius 2 is 0.977 bits per heavy atom. The molecular weight excluding hydrogens is 572 g/mol. The van der Waals surface area contributed by atoms with Crippen LogP contribution in [0.3, 0.4) is 0 Å². The van der Waals surface area contributed by atoms with E-state index in [1.54, 1.807) is 52.2 Å². The number of allylic oxidation sites excluding steroid dienone is 2. The van der Waals surface area contributed by atoms with Gasteiger partial charge in [-0.3, -0.25) is 9.80 Å². The van der Waals surface area contributed by atoms with Crippen molar-refractivity contribution >= 4 is 46.3 Å². The predicted molar refractivity (Wildman–Crippen MR) is 166 cm³/mol. The van der Waals surface area contributed by atoms with E-state index in [9.17, 15) is 19.2 Å². The van der Waals surface area contributed by atoms with Gasteiger partial charge in [-0.05, 0) is 26.0 Å². The van der Waals surface area contributed by atoms with Crippen molar-refractivity contribution in [1.29, 1.82) is 0 Å². The highest BCUT2D eigenvalue weighted by Crippen LogP contribution is 2.34. The minimum Gasteiger partial charge on any atom is -0.462 e. The summed E-state index contributed by atoms with van der Waals surface area (Å²) in [7, 11) is 3.21. The maximum absolute atomic E-state index is 12.7. The van der Waals surface area contributed by atoms with Crippen LogP contribution in [0.5, 0.6) is 0 Å². The van der Waals surface area contributed by atoms with Gasteiger partial charge in [-0.1, -0.05) is 36.4 Å². The van der Waals surface area contributed by atoms with Crippen LogP contribution in [0.4, 0.5) is 21.0 Å². The number of nitrogens with zero attached hydrogens (tertiary/aromatic N) is 2. The molecule has 0 bridgehead atoms. The molecule has 2 rings (SSSR count). The molecular formula is C32H42N2O10. The summed E-state index contributed by atoms with van der Waals surface area (Å²) in [5, 5.41) is 1.48. The van der Waals surface area contributed by atoms with E-state index in [-0.39, 0.29) is 39.6 Å². The highest BCUT2D eigenvalue weighted by molar-refractivity contribution is 6.09. The molecule has 0 aromatic heterocycles. The average Bonchev–Trinajstić information content (AvgIpc) is 3.02. The first-order valence-electron chi connectivity index (χ1n) is 14.4. The minimum absolute atomic E-state index is 0.0554. The van der Waals surface area contributed by atoms with Crippen molar-refractivity contribution in [1.82, 2.24) is 0 Å². The number of carbonyl (C=O) groups excluding carboxylic acids is 4. The number of anilines is 2. The molecule has 2 aromatic rings. The Morgan fingerprint density at radius 1 is 0.568 bits per heavy atom. The number of fused-ring (bicyclic) bond motifs is 1. The Kier molecular flexibility index (Phi) is 16.7. The zero-order valence-electron chi connectivity index (χ0n) is 25.8. The first-order valence-corrected chi connectivity index (χ1v) is 14.4. The molecule has 12 nitrogen and oxygen atoms in total. The monoisotopic (exact) mass is 614 g/mol. The molecule has 2 aromatic carbocycles. The fourth-order valence-electron chi connectivity index (χ4n) is 3.86. The molecule has 0 aliphatic carbocycles. The molecule has 0 heterocycles. The van der Waals surface area contributed by atoms with Crippen LogP contribution in [0.2, 0.25) is 0 Å². The molecule has 2 amide bonds. The quantitative estimate of drug-likeness (QED) is 0.0975. The number of ether oxygens (including phenoxy) is 6. The number of rotatable bonds is 18. The maximum Gasteiger partial charge on any atom is 0.414 e. The van der Waals surface area contributed by atoms with Crippen LogP contribution in [0.25, 0.3) is 10.8 Å². The highest BCUT2D eigenvalue weighted by Gasteiger charge is 2.20. The number of esters is 2. The van der Waals surface area contributed by atoms with E-state index in [1.165, 1.54) is 22.0 Å².